The van der Waals surface area contributed by atoms with Gasteiger partial charge in [0.15, 0.2) is 0 Å². The summed E-state index contributed by atoms with van der Waals surface area (Å²) in [5, 5.41) is 14.5. The topological polar surface area (TPSA) is 95.8 Å². The number of nitrogens with zero attached hydrogens (tertiary/aromatic N) is 3. The fourth-order valence-electron chi connectivity index (χ4n) is 3.26. The zero-order valence-corrected chi connectivity index (χ0v) is 17.4. The van der Waals surface area contributed by atoms with Gasteiger partial charge in [-0.2, -0.15) is 4.31 Å². The third-order valence-electron chi connectivity index (χ3n) is 4.86. The highest BCUT2D eigenvalue weighted by Crippen LogP contribution is 2.30. The van der Waals surface area contributed by atoms with Crippen molar-refractivity contribution in [2.75, 3.05) is 42.9 Å². The van der Waals surface area contributed by atoms with Crippen molar-refractivity contribution in [2.45, 2.75) is 18.7 Å². The van der Waals surface area contributed by atoms with Crippen molar-refractivity contribution < 1.29 is 13.3 Å². The summed E-state index contributed by atoms with van der Waals surface area (Å²) >= 11 is 0. The molecule has 0 aliphatic carbocycles. The van der Waals surface area contributed by atoms with E-state index < -0.39 is 14.9 Å². The molecule has 0 spiro atoms. The van der Waals surface area contributed by atoms with Crippen molar-refractivity contribution in [1.29, 1.82) is 0 Å². The highest BCUT2D eigenvalue weighted by Gasteiger charge is 2.29. The summed E-state index contributed by atoms with van der Waals surface area (Å²) in [6, 6.07) is 13.4. The van der Waals surface area contributed by atoms with Gasteiger partial charge in [0.1, 0.15) is 5.69 Å². The molecule has 1 fully saturated rings. The van der Waals surface area contributed by atoms with Gasteiger partial charge in [-0.15, -0.1) is 0 Å². The van der Waals surface area contributed by atoms with E-state index in [1.165, 1.54) is 10.4 Å². The molecule has 1 aliphatic rings. The second kappa shape index (κ2) is 8.79. The molecule has 1 saturated heterocycles. The van der Waals surface area contributed by atoms with Gasteiger partial charge in [0.2, 0.25) is 10.0 Å². The van der Waals surface area contributed by atoms with Gasteiger partial charge < -0.3 is 10.2 Å². The fraction of sp³-hybridized carbons (Fsp3) is 0.400. The van der Waals surface area contributed by atoms with Crippen LogP contribution < -0.4 is 10.2 Å². The maximum atomic E-state index is 12.8. The molecule has 8 nitrogen and oxygen atoms in total. The van der Waals surface area contributed by atoms with E-state index in [1.807, 2.05) is 13.8 Å². The first-order valence-electron chi connectivity index (χ1n) is 9.61. The molecule has 156 valence electrons. The molecule has 2 aromatic carbocycles. The van der Waals surface area contributed by atoms with Crippen molar-refractivity contribution >= 4 is 27.1 Å². The number of hydrogen-bond donors (Lipinski definition) is 1. The van der Waals surface area contributed by atoms with E-state index in [0.29, 0.717) is 49.2 Å². The normalized spacial score (nSPS) is 15.5. The summed E-state index contributed by atoms with van der Waals surface area (Å²) in [6.07, 6.45) is 0. The van der Waals surface area contributed by atoms with Gasteiger partial charge in [0.25, 0.3) is 5.69 Å². The molecular weight excluding hydrogens is 392 g/mol. The molecule has 29 heavy (non-hydrogen) atoms. The molecule has 0 radical (unpaired) electrons. The molecule has 1 heterocycles. The van der Waals surface area contributed by atoms with E-state index in [-0.39, 0.29) is 5.69 Å². The number of hydrogen-bond acceptors (Lipinski definition) is 6. The van der Waals surface area contributed by atoms with E-state index in [2.05, 4.69) is 10.2 Å². The third-order valence-corrected chi connectivity index (χ3v) is 6.78. The SMILES string of the molecule is CC(C)CNc1cc(N2CCN(S(=O)(=O)c3ccccc3)CC2)ccc1[N+](=O)[O-]. The molecule has 1 N–H and O–H groups in total. The fourth-order valence-corrected chi connectivity index (χ4v) is 4.71. The minimum absolute atomic E-state index is 0.0414. The number of nitrogens with one attached hydrogen (secondary N) is 1. The number of piperazine rings is 1. The van der Waals surface area contributed by atoms with Crippen LogP contribution in [0, 0.1) is 16.0 Å². The monoisotopic (exact) mass is 418 g/mol. The molecular formula is C20H26N4O4S. The van der Waals surface area contributed by atoms with Crippen molar-refractivity contribution in [2.24, 2.45) is 5.92 Å². The zero-order valence-electron chi connectivity index (χ0n) is 16.6. The van der Waals surface area contributed by atoms with Gasteiger partial charge in [-0.1, -0.05) is 32.0 Å². The van der Waals surface area contributed by atoms with Crippen LogP contribution >= 0.6 is 0 Å². The second-order valence-corrected chi connectivity index (χ2v) is 9.38. The Labute approximate surface area is 171 Å². The molecule has 0 unspecified atom stereocenters. The lowest BCUT2D eigenvalue weighted by Gasteiger charge is -2.35. The van der Waals surface area contributed by atoms with Crippen molar-refractivity contribution in [3.8, 4) is 0 Å². The quantitative estimate of drug-likeness (QED) is 0.548. The van der Waals surface area contributed by atoms with Crippen LogP contribution in [0.4, 0.5) is 17.1 Å². The Morgan fingerprint density at radius 1 is 1.07 bits per heavy atom. The van der Waals surface area contributed by atoms with Gasteiger partial charge in [0.05, 0.1) is 9.82 Å². The van der Waals surface area contributed by atoms with Crippen LogP contribution in [0.3, 0.4) is 0 Å². The standard InChI is InChI=1S/C20H26N4O4S/c1-16(2)15-21-19-14-17(8-9-20(19)24(25)26)22-10-12-23(13-11-22)29(27,28)18-6-4-3-5-7-18/h3-9,14,16,21H,10-13,15H2,1-2H3. The first-order chi connectivity index (χ1) is 13.8. The number of sulfonamides is 1. The Bertz CT molecular complexity index is 956. The van der Waals surface area contributed by atoms with Crippen LogP contribution in [0.25, 0.3) is 0 Å². The zero-order chi connectivity index (χ0) is 21.0. The molecule has 0 atom stereocenters. The predicted molar refractivity (Wildman–Crippen MR) is 114 cm³/mol. The van der Waals surface area contributed by atoms with Gasteiger partial charge in [-0.3, -0.25) is 10.1 Å². The summed E-state index contributed by atoms with van der Waals surface area (Å²) in [5.74, 6) is 0.352. The van der Waals surface area contributed by atoms with Crippen LogP contribution in [0.15, 0.2) is 53.4 Å². The highest BCUT2D eigenvalue weighted by atomic mass is 32.2. The van der Waals surface area contributed by atoms with E-state index in [0.717, 1.165) is 5.69 Å². The van der Waals surface area contributed by atoms with E-state index in [1.54, 1.807) is 42.5 Å². The van der Waals surface area contributed by atoms with E-state index >= 15 is 0 Å². The van der Waals surface area contributed by atoms with Crippen LogP contribution in [0.1, 0.15) is 13.8 Å². The van der Waals surface area contributed by atoms with E-state index in [4.69, 9.17) is 0 Å². The largest absolute Gasteiger partial charge is 0.379 e. The number of benzene rings is 2. The summed E-state index contributed by atoms with van der Waals surface area (Å²) < 4.78 is 27.0. The third kappa shape index (κ3) is 4.86. The number of anilines is 2. The summed E-state index contributed by atoms with van der Waals surface area (Å²) in [4.78, 5) is 13.3. The molecule has 2 aromatic rings. The Hall–Kier alpha value is -2.65. The molecule has 0 saturated carbocycles. The first-order valence-corrected chi connectivity index (χ1v) is 11.1. The average Bonchev–Trinajstić information content (AvgIpc) is 2.72. The van der Waals surface area contributed by atoms with Gasteiger partial charge in [-0.05, 0) is 30.2 Å². The maximum Gasteiger partial charge on any atom is 0.292 e. The number of nitro groups is 1. The second-order valence-electron chi connectivity index (χ2n) is 7.44. The minimum atomic E-state index is -3.51. The number of rotatable bonds is 7. The van der Waals surface area contributed by atoms with Crippen molar-refractivity contribution in [3.63, 3.8) is 0 Å². The summed E-state index contributed by atoms with van der Waals surface area (Å²) in [5.41, 5.74) is 1.37. The van der Waals surface area contributed by atoms with Gasteiger partial charge >= 0.3 is 0 Å². The van der Waals surface area contributed by atoms with Crippen LogP contribution in [0.5, 0.6) is 0 Å². The Morgan fingerprint density at radius 2 is 1.72 bits per heavy atom. The molecule has 0 aromatic heterocycles. The van der Waals surface area contributed by atoms with Crippen LogP contribution in [-0.4, -0.2) is 50.4 Å². The van der Waals surface area contributed by atoms with Gasteiger partial charge in [0, 0.05) is 44.5 Å². The smallest absolute Gasteiger partial charge is 0.292 e. The highest BCUT2D eigenvalue weighted by molar-refractivity contribution is 7.89. The molecule has 1 aliphatic heterocycles. The van der Waals surface area contributed by atoms with Crippen LogP contribution in [0.2, 0.25) is 0 Å². The minimum Gasteiger partial charge on any atom is -0.379 e. The number of nitro benzene ring substituents is 1. The lowest BCUT2D eigenvalue weighted by molar-refractivity contribution is -0.383. The van der Waals surface area contributed by atoms with Crippen molar-refractivity contribution in [1.82, 2.24) is 4.31 Å². The average molecular weight is 419 g/mol. The Kier molecular flexibility index (Phi) is 6.39. The van der Waals surface area contributed by atoms with Crippen molar-refractivity contribution in [3.05, 3.63) is 58.6 Å². The predicted octanol–water partition coefficient (Wildman–Crippen LogP) is 3.17. The van der Waals surface area contributed by atoms with E-state index in [9.17, 15) is 18.5 Å². The molecule has 9 heteroatoms. The first kappa shape index (κ1) is 21.1. The Balaban J connectivity index is 1.73. The molecule has 0 bridgehead atoms. The molecule has 3 rings (SSSR count). The lowest BCUT2D eigenvalue weighted by atomic mass is 10.2. The lowest BCUT2D eigenvalue weighted by Crippen LogP contribution is -2.48. The summed E-state index contributed by atoms with van der Waals surface area (Å²) in [6.45, 7) is 6.48. The van der Waals surface area contributed by atoms with Gasteiger partial charge in [-0.25, -0.2) is 8.42 Å². The van der Waals surface area contributed by atoms with Crippen LogP contribution in [-0.2, 0) is 10.0 Å². The summed E-state index contributed by atoms with van der Waals surface area (Å²) in [7, 11) is -3.51. The molecule has 0 amide bonds. The Morgan fingerprint density at radius 3 is 2.31 bits per heavy atom. The maximum absolute atomic E-state index is 12.8.